The number of oxazole rings is 1. The fraction of sp³-hybridized carbons (Fsp3) is 0.550. The molecule has 0 spiro atoms. The molecule has 6 nitrogen and oxygen atoms in total. The van der Waals surface area contributed by atoms with Gasteiger partial charge in [-0.25, -0.2) is 4.98 Å². The Balaban J connectivity index is 1.37. The Bertz CT molecular complexity index is 825. The van der Waals surface area contributed by atoms with E-state index in [1.54, 1.807) is 0 Å². The minimum Gasteiger partial charge on any atom is -0.441 e. The average Bonchev–Trinajstić information content (AvgIpc) is 2.78. The zero-order valence-electron chi connectivity index (χ0n) is 15.2. The zero-order valence-corrected chi connectivity index (χ0v) is 15.2. The van der Waals surface area contributed by atoms with Gasteiger partial charge in [0.2, 0.25) is 11.8 Å². The van der Waals surface area contributed by atoms with Crippen LogP contribution in [-0.2, 0) is 16.0 Å². The van der Waals surface area contributed by atoms with E-state index in [4.69, 9.17) is 4.42 Å². The lowest BCUT2D eigenvalue weighted by atomic mass is 9.84. The molecule has 1 aromatic carbocycles. The van der Waals surface area contributed by atoms with Crippen LogP contribution in [0.15, 0.2) is 22.6 Å². The Morgan fingerprint density at radius 1 is 1.12 bits per heavy atom. The normalized spacial score (nSPS) is 18.7. The van der Waals surface area contributed by atoms with E-state index in [2.05, 4.69) is 4.98 Å². The highest BCUT2D eigenvalue weighted by Crippen LogP contribution is 2.28. The first-order valence-electron chi connectivity index (χ1n) is 9.53. The minimum absolute atomic E-state index is 0.113. The van der Waals surface area contributed by atoms with Crippen molar-refractivity contribution in [1.82, 2.24) is 14.8 Å². The van der Waals surface area contributed by atoms with Gasteiger partial charge in [-0.15, -0.1) is 0 Å². The van der Waals surface area contributed by atoms with Crippen molar-refractivity contribution in [1.29, 1.82) is 0 Å². The first-order chi connectivity index (χ1) is 12.6. The van der Waals surface area contributed by atoms with Gasteiger partial charge in [-0.1, -0.05) is 12.5 Å². The minimum atomic E-state index is 0.113. The first-order valence-corrected chi connectivity index (χ1v) is 9.53. The van der Waals surface area contributed by atoms with E-state index in [1.807, 2.05) is 34.9 Å². The molecule has 1 aromatic heterocycles. The molecule has 0 bridgehead atoms. The van der Waals surface area contributed by atoms with E-state index < -0.39 is 0 Å². The fourth-order valence-electron chi connectivity index (χ4n) is 3.79. The van der Waals surface area contributed by atoms with E-state index in [9.17, 15) is 9.59 Å². The van der Waals surface area contributed by atoms with Gasteiger partial charge in [-0.05, 0) is 37.0 Å². The second-order valence-electron chi connectivity index (χ2n) is 7.40. The van der Waals surface area contributed by atoms with Crippen molar-refractivity contribution in [3.8, 4) is 0 Å². The van der Waals surface area contributed by atoms with Crippen molar-refractivity contribution < 1.29 is 14.0 Å². The molecule has 6 heteroatoms. The highest BCUT2D eigenvalue weighted by Gasteiger charge is 2.30. The molecule has 1 saturated carbocycles. The van der Waals surface area contributed by atoms with Gasteiger partial charge >= 0.3 is 0 Å². The third-order valence-corrected chi connectivity index (χ3v) is 5.53. The SMILES string of the molecule is Cc1nc2cc(CC(=O)N3CCCN(C(=O)C4CCC4)CC3)ccc2o1. The topological polar surface area (TPSA) is 66.7 Å². The van der Waals surface area contributed by atoms with Crippen molar-refractivity contribution >= 4 is 22.9 Å². The number of aromatic nitrogens is 1. The zero-order chi connectivity index (χ0) is 18.1. The van der Waals surface area contributed by atoms with E-state index in [-0.39, 0.29) is 17.7 Å². The quantitative estimate of drug-likeness (QED) is 0.849. The number of nitrogens with zero attached hydrogens (tertiary/aromatic N) is 3. The summed E-state index contributed by atoms with van der Waals surface area (Å²) in [5.74, 6) is 1.27. The van der Waals surface area contributed by atoms with Crippen LogP contribution in [0.1, 0.15) is 37.1 Å². The molecular weight excluding hydrogens is 330 g/mol. The van der Waals surface area contributed by atoms with Crippen molar-refractivity contribution in [2.24, 2.45) is 5.92 Å². The van der Waals surface area contributed by atoms with Gasteiger partial charge in [-0.2, -0.15) is 0 Å². The number of aryl methyl sites for hydroxylation is 1. The van der Waals surface area contributed by atoms with Crippen molar-refractivity contribution in [3.63, 3.8) is 0 Å². The summed E-state index contributed by atoms with van der Waals surface area (Å²) in [5.41, 5.74) is 2.49. The molecule has 1 aliphatic heterocycles. The average molecular weight is 355 g/mol. The van der Waals surface area contributed by atoms with Gasteiger partial charge in [0.05, 0.1) is 6.42 Å². The van der Waals surface area contributed by atoms with Gasteiger partial charge in [0.25, 0.3) is 0 Å². The van der Waals surface area contributed by atoms with Crippen molar-refractivity contribution in [2.45, 2.75) is 39.0 Å². The van der Waals surface area contributed by atoms with Crippen LogP contribution in [0.5, 0.6) is 0 Å². The highest BCUT2D eigenvalue weighted by molar-refractivity contribution is 5.82. The third-order valence-electron chi connectivity index (χ3n) is 5.53. The molecule has 26 heavy (non-hydrogen) atoms. The highest BCUT2D eigenvalue weighted by atomic mass is 16.3. The maximum absolute atomic E-state index is 12.7. The molecule has 0 radical (unpaired) electrons. The number of carbonyl (C=O) groups is 2. The van der Waals surface area contributed by atoms with E-state index in [0.717, 1.165) is 49.0 Å². The number of rotatable bonds is 3. The molecule has 2 aromatic rings. The summed E-state index contributed by atoms with van der Waals surface area (Å²) in [4.78, 5) is 33.3. The van der Waals surface area contributed by atoms with Crippen molar-refractivity contribution in [3.05, 3.63) is 29.7 Å². The second-order valence-corrected chi connectivity index (χ2v) is 7.40. The molecule has 1 saturated heterocycles. The van der Waals surface area contributed by atoms with Gasteiger partial charge in [-0.3, -0.25) is 9.59 Å². The Labute approximate surface area is 153 Å². The number of amides is 2. The van der Waals surface area contributed by atoms with Crippen LogP contribution in [0.2, 0.25) is 0 Å². The molecule has 2 aliphatic rings. The number of benzene rings is 1. The molecule has 1 aliphatic carbocycles. The van der Waals surface area contributed by atoms with Gasteiger partial charge in [0.1, 0.15) is 5.52 Å². The summed E-state index contributed by atoms with van der Waals surface area (Å²) in [6, 6.07) is 5.72. The maximum atomic E-state index is 12.7. The summed E-state index contributed by atoms with van der Waals surface area (Å²) in [6.45, 7) is 4.59. The van der Waals surface area contributed by atoms with Crippen LogP contribution < -0.4 is 0 Å². The van der Waals surface area contributed by atoms with Crippen LogP contribution in [0, 0.1) is 12.8 Å². The number of hydrogen-bond donors (Lipinski definition) is 0. The lowest BCUT2D eigenvalue weighted by Gasteiger charge is -2.31. The second kappa shape index (κ2) is 7.09. The molecule has 138 valence electrons. The number of fused-ring (bicyclic) bond motifs is 1. The standard InChI is InChI=1S/C20H25N3O3/c1-14-21-17-12-15(6-7-18(17)26-14)13-19(24)22-8-3-9-23(11-10-22)20(25)16-4-2-5-16/h6-7,12,16H,2-5,8-11,13H2,1H3. The fourth-order valence-corrected chi connectivity index (χ4v) is 3.79. The summed E-state index contributed by atoms with van der Waals surface area (Å²) < 4.78 is 5.48. The summed E-state index contributed by atoms with van der Waals surface area (Å²) in [6.07, 6.45) is 4.44. The van der Waals surface area contributed by atoms with E-state index in [1.165, 1.54) is 6.42 Å². The van der Waals surface area contributed by atoms with Gasteiger partial charge < -0.3 is 14.2 Å². The van der Waals surface area contributed by atoms with Crippen LogP contribution in [0.3, 0.4) is 0 Å². The predicted octanol–water partition coefficient (Wildman–Crippen LogP) is 2.54. The smallest absolute Gasteiger partial charge is 0.227 e. The Morgan fingerprint density at radius 2 is 1.88 bits per heavy atom. The molecule has 0 atom stereocenters. The number of hydrogen-bond acceptors (Lipinski definition) is 4. The molecule has 2 fully saturated rings. The third kappa shape index (κ3) is 3.45. The van der Waals surface area contributed by atoms with E-state index >= 15 is 0 Å². The summed E-state index contributed by atoms with van der Waals surface area (Å²) in [5, 5.41) is 0. The van der Waals surface area contributed by atoms with Crippen molar-refractivity contribution in [2.75, 3.05) is 26.2 Å². The molecule has 2 amide bonds. The Morgan fingerprint density at radius 3 is 2.65 bits per heavy atom. The molecule has 2 heterocycles. The maximum Gasteiger partial charge on any atom is 0.227 e. The van der Waals surface area contributed by atoms with Gasteiger partial charge in [0.15, 0.2) is 11.5 Å². The molecule has 0 N–H and O–H groups in total. The largest absolute Gasteiger partial charge is 0.441 e. The lowest BCUT2D eigenvalue weighted by Crippen LogP contribution is -2.41. The van der Waals surface area contributed by atoms with Gasteiger partial charge in [0, 0.05) is 39.0 Å². The van der Waals surface area contributed by atoms with Crippen LogP contribution in [-0.4, -0.2) is 52.8 Å². The Hall–Kier alpha value is -2.37. The number of carbonyl (C=O) groups excluding carboxylic acids is 2. The van der Waals surface area contributed by atoms with Crippen LogP contribution >= 0.6 is 0 Å². The monoisotopic (exact) mass is 355 g/mol. The first kappa shape index (κ1) is 17.1. The molecule has 0 unspecified atom stereocenters. The lowest BCUT2D eigenvalue weighted by molar-refractivity contribution is -0.138. The van der Waals surface area contributed by atoms with Crippen LogP contribution in [0.25, 0.3) is 11.1 Å². The molecule has 4 rings (SSSR count). The Kier molecular flexibility index (Phi) is 4.66. The van der Waals surface area contributed by atoms with E-state index in [0.29, 0.717) is 25.4 Å². The molecular formula is C20H25N3O3. The predicted molar refractivity (Wildman–Crippen MR) is 97.6 cm³/mol. The summed E-state index contributed by atoms with van der Waals surface area (Å²) in [7, 11) is 0. The van der Waals surface area contributed by atoms with Crippen LogP contribution in [0.4, 0.5) is 0 Å². The summed E-state index contributed by atoms with van der Waals surface area (Å²) >= 11 is 0.